The molecular formula is C24H19ClF6N8O3. The molecule has 0 spiro atoms. The van der Waals surface area contributed by atoms with Crippen LogP contribution in [0, 0.1) is 0 Å². The van der Waals surface area contributed by atoms with E-state index in [-0.39, 0.29) is 41.4 Å². The summed E-state index contributed by atoms with van der Waals surface area (Å²) in [6, 6.07) is 8.52. The Morgan fingerprint density at radius 1 is 1.07 bits per heavy atom. The summed E-state index contributed by atoms with van der Waals surface area (Å²) in [7, 11) is 0. The van der Waals surface area contributed by atoms with Gasteiger partial charge in [0.1, 0.15) is 18.4 Å². The lowest BCUT2D eigenvalue weighted by Gasteiger charge is -2.20. The molecule has 3 aromatic heterocycles. The second-order valence-corrected chi connectivity index (χ2v) is 9.89. The third-order valence-electron chi connectivity index (χ3n) is 6.48. The summed E-state index contributed by atoms with van der Waals surface area (Å²) in [5, 5.41) is 20.2. The number of halogens is 7. The van der Waals surface area contributed by atoms with Crippen LogP contribution in [0.25, 0.3) is 17.1 Å². The van der Waals surface area contributed by atoms with Crippen LogP contribution in [-0.4, -0.2) is 69.1 Å². The van der Waals surface area contributed by atoms with Crippen LogP contribution in [0.5, 0.6) is 0 Å². The molecule has 222 valence electrons. The highest BCUT2D eigenvalue weighted by Gasteiger charge is 2.64. The van der Waals surface area contributed by atoms with E-state index in [1.165, 1.54) is 42.6 Å². The molecule has 11 nitrogen and oxygen atoms in total. The monoisotopic (exact) mass is 616 g/mol. The fraction of sp³-hybridized carbons (Fsp3) is 0.333. The normalized spacial score (nSPS) is 15.4. The first-order valence-corrected chi connectivity index (χ1v) is 12.5. The predicted molar refractivity (Wildman–Crippen MR) is 133 cm³/mol. The van der Waals surface area contributed by atoms with Crippen molar-refractivity contribution in [3.63, 3.8) is 0 Å². The second-order valence-electron chi connectivity index (χ2n) is 9.45. The molecule has 0 radical (unpaired) electrons. The second kappa shape index (κ2) is 10.5. The van der Waals surface area contributed by atoms with E-state index in [4.69, 9.17) is 11.6 Å². The average molecular weight is 617 g/mol. The number of hydrogen-bond acceptors (Lipinski definition) is 7. The molecule has 1 aromatic carbocycles. The molecular weight excluding hydrogens is 598 g/mol. The number of amides is 1. The quantitative estimate of drug-likeness (QED) is 0.291. The Hall–Kier alpha value is -4.25. The Labute approximate surface area is 236 Å². The first-order valence-electron chi connectivity index (χ1n) is 12.1. The molecule has 1 saturated carbocycles. The number of carbonyl (C=O) groups excluding carboxylic acids is 1. The molecule has 4 aromatic rings. The maximum Gasteiger partial charge on any atom is 0.416 e. The highest BCUT2D eigenvalue weighted by atomic mass is 35.5. The van der Waals surface area contributed by atoms with Crippen LogP contribution < -0.4 is 11.0 Å². The maximum absolute atomic E-state index is 13.3. The standard InChI is InChI=1S/C24H19ClF6N8O3/c25-14-5-3-13(4-6-14)19-36-38(21(42)37(19)10-16(40)23(26,27)28)11-17-33-12-39(35-17)15-2-1-9-32-18(15)20(41)34-22(7-8-22)24(29,30)31/h1-6,9,12,16,40H,7-8,10-11H2,(H,34,41)/t16-/m0/s1. The molecule has 42 heavy (non-hydrogen) atoms. The lowest BCUT2D eigenvalue weighted by atomic mass is 10.2. The smallest absolute Gasteiger partial charge is 0.382 e. The molecule has 1 atom stereocenters. The molecule has 2 N–H and O–H groups in total. The molecule has 18 heteroatoms. The van der Waals surface area contributed by atoms with Crippen molar-refractivity contribution in [3.8, 4) is 17.1 Å². The highest BCUT2D eigenvalue weighted by Crippen LogP contribution is 2.49. The van der Waals surface area contributed by atoms with Crippen LogP contribution in [-0.2, 0) is 13.1 Å². The number of rotatable bonds is 8. The molecule has 5 rings (SSSR count). The molecule has 0 bridgehead atoms. The van der Waals surface area contributed by atoms with Gasteiger partial charge in [0.25, 0.3) is 5.91 Å². The van der Waals surface area contributed by atoms with E-state index < -0.39 is 48.7 Å². The van der Waals surface area contributed by atoms with Crippen molar-refractivity contribution in [1.82, 2.24) is 39.4 Å². The Kier molecular flexibility index (Phi) is 7.34. The molecule has 0 aliphatic heterocycles. The zero-order valence-electron chi connectivity index (χ0n) is 21.1. The summed E-state index contributed by atoms with van der Waals surface area (Å²) in [5.41, 5.74) is -3.48. The number of aliphatic hydroxyl groups excluding tert-OH is 1. The summed E-state index contributed by atoms with van der Waals surface area (Å²) in [6.07, 6.45) is -10.7. The maximum atomic E-state index is 13.3. The summed E-state index contributed by atoms with van der Waals surface area (Å²) >= 11 is 5.88. The van der Waals surface area contributed by atoms with E-state index in [2.05, 4.69) is 20.2 Å². The molecule has 1 aliphatic carbocycles. The van der Waals surface area contributed by atoms with Gasteiger partial charge >= 0.3 is 18.0 Å². The first kappa shape index (κ1) is 29.2. The summed E-state index contributed by atoms with van der Waals surface area (Å²) < 4.78 is 81.8. The Bertz CT molecular complexity index is 1670. The van der Waals surface area contributed by atoms with Gasteiger partial charge in [0.05, 0.1) is 12.2 Å². The highest BCUT2D eigenvalue weighted by molar-refractivity contribution is 6.30. The fourth-order valence-electron chi connectivity index (χ4n) is 4.05. The number of pyridine rings is 1. The number of nitrogens with zero attached hydrogens (tertiary/aromatic N) is 7. The molecule has 0 saturated heterocycles. The Balaban J connectivity index is 1.44. The van der Waals surface area contributed by atoms with Gasteiger partial charge in [-0.15, -0.1) is 10.2 Å². The minimum absolute atomic E-state index is 0.0141. The van der Waals surface area contributed by atoms with Gasteiger partial charge in [0, 0.05) is 16.8 Å². The lowest BCUT2D eigenvalue weighted by Crippen LogP contribution is -2.48. The number of aromatic nitrogens is 7. The van der Waals surface area contributed by atoms with E-state index in [1.807, 2.05) is 5.32 Å². The van der Waals surface area contributed by atoms with Crippen molar-refractivity contribution >= 4 is 17.5 Å². The van der Waals surface area contributed by atoms with Crippen molar-refractivity contribution in [1.29, 1.82) is 0 Å². The van der Waals surface area contributed by atoms with Crippen LogP contribution in [0.3, 0.4) is 0 Å². The van der Waals surface area contributed by atoms with Gasteiger partial charge in [0.15, 0.2) is 23.4 Å². The van der Waals surface area contributed by atoms with Gasteiger partial charge in [0.2, 0.25) is 0 Å². The van der Waals surface area contributed by atoms with Gasteiger partial charge in [-0.05, 0) is 49.2 Å². The first-order chi connectivity index (χ1) is 19.7. The van der Waals surface area contributed by atoms with Crippen molar-refractivity contribution in [2.45, 2.75) is 49.9 Å². The summed E-state index contributed by atoms with van der Waals surface area (Å²) in [4.78, 5) is 33.7. The summed E-state index contributed by atoms with van der Waals surface area (Å²) in [6.45, 7) is -1.59. The van der Waals surface area contributed by atoms with Crippen LogP contribution in [0.2, 0.25) is 5.02 Å². The van der Waals surface area contributed by atoms with E-state index in [1.54, 1.807) is 0 Å². The number of aliphatic hydroxyl groups is 1. The average Bonchev–Trinajstić information content (AvgIpc) is 3.48. The van der Waals surface area contributed by atoms with Crippen LogP contribution >= 0.6 is 11.6 Å². The Morgan fingerprint density at radius 3 is 2.38 bits per heavy atom. The zero-order valence-corrected chi connectivity index (χ0v) is 21.8. The van der Waals surface area contributed by atoms with Gasteiger partial charge in [-0.25, -0.2) is 24.1 Å². The number of hydrogen-bond donors (Lipinski definition) is 2. The third-order valence-corrected chi connectivity index (χ3v) is 6.73. The minimum atomic E-state index is -5.01. The number of benzene rings is 1. The van der Waals surface area contributed by atoms with Crippen molar-refractivity contribution < 1.29 is 36.2 Å². The van der Waals surface area contributed by atoms with Crippen LogP contribution in [0.1, 0.15) is 29.2 Å². The number of carbonyl (C=O) groups is 1. The lowest BCUT2D eigenvalue weighted by molar-refractivity contribution is -0.207. The molecule has 1 amide bonds. The van der Waals surface area contributed by atoms with Crippen molar-refractivity contribution in [2.24, 2.45) is 0 Å². The predicted octanol–water partition coefficient (Wildman–Crippen LogP) is 3.14. The SMILES string of the molecule is O=C(NC1(C(F)(F)F)CC1)c1ncccc1-n1cnc(Cn2nc(-c3ccc(Cl)cc3)n(C[C@H](O)C(F)(F)F)c2=O)n1. The fourth-order valence-corrected chi connectivity index (χ4v) is 4.18. The van der Waals surface area contributed by atoms with Gasteiger partial charge in [-0.1, -0.05) is 11.6 Å². The third kappa shape index (κ3) is 5.74. The van der Waals surface area contributed by atoms with Crippen LogP contribution in [0.15, 0.2) is 53.7 Å². The number of nitrogens with one attached hydrogen (secondary N) is 1. The largest absolute Gasteiger partial charge is 0.416 e. The van der Waals surface area contributed by atoms with Gasteiger partial charge in [-0.3, -0.25) is 9.36 Å². The van der Waals surface area contributed by atoms with E-state index in [9.17, 15) is 41.0 Å². The summed E-state index contributed by atoms with van der Waals surface area (Å²) in [5.74, 6) is -1.35. The van der Waals surface area contributed by atoms with E-state index >= 15 is 0 Å². The minimum Gasteiger partial charge on any atom is -0.382 e. The van der Waals surface area contributed by atoms with Crippen molar-refractivity contribution in [2.75, 3.05) is 0 Å². The molecule has 3 heterocycles. The van der Waals surface area contributed by atoms with Crippen LogP contribution in [0.4, 0.5) is 26.3 Å². The van der Waals surface area contributed by atoms with E-state index in [0.717, 1.165) is 15.7 Å². The zero-order chi connectivity index (χ0) is 30.4. The van der Waals surface area contributed by atoms with Gasteiger partial charge < -0.3 is 10.4 Å². The topological polar surface area (TPSA) is 133 Å². The molecule has 1 fully saturated rings. The number of alkyl halides is 6. The Morgan fingerprint density at radius 2 is 1.76 bits per heavy atom. The van der Waals surface area contributed by atoms with Gasteiger partial charge in [-0.2, -0.15) is 26.3 Å². The van der Waals surface area contributed by atoms with Crippen molar-refractivity contribution in [3.05, 3.63) is 75.9 Å². The molecule has 1 aliphatic rings. The molecule has 0 unspecified atom stereocenters. The van der Waals surface area contributed by atoms with E-state index in [0.29, 0.717) is 9.59 Å².